The van der Waals surface area contributed by atoms with E-state index in [1.807, 2.05) is 65.6 Å². The first-order valence-electron chi connectivity index (χ1n) is 9.80. The Morgan fingerprint density at radius 2 is 1.61 bits per heavy atom. The molecule has 4 rings (SSSR count). The average Bonchev–Trinajstić information content (AvgIpc) is 3.20. The molecule has 0 saturated carbocycles. The second-order valence-electron chi connectivity index (χ2n) is 7.42. The molecule has 0 spiro atoms. The molecule has 1 saturated heterocycles. The van der Waals surface area contributed by atoms with Crippen molar-refractivity contribution >= 4 is 17.2 Å². The van der Waals surface area contributed by atoms with Gasteiger partial charge in [-0.05, 0) is 25.7 Å². The summed E-state index contributed by atoms with van der Waals surface area (Å²) in [5, 5.41) is 0.883. The van der Waals surface area contributed by atoms with Crippen LogP contribution in [0, 0.1) is 5.92 Å². The molecule has 2 N–H and O–H groups in total. The molecule has 28 heavy (non-hydrogen) atoms. The number of rotatable bonds is 4. The fraction of sp³-hybridized carbons (Fsp3) is 0.304. The van der Waals surface area contributed by atoms with Gasteiger partial charge in [-0.3, -0.25) is 4.79 Å². The lowest BCUT2D eigenvalue weighted by molar-refractivity contribution is 0.0686. The number of nitrogens with zero attached hydrogens (tertiary/aromatic N) is 2. The van der Waals surface area contributed by atoms with Gasteiger partial charge in [-0.2, -0.15) is 0 Å². The minimum atomic E-state index is 0.0849. The quantitative estimate of drug-likeness (QED) is 0.703. The van der Waals surface area contributed by atoms with Crippen LogP contribution in [0.3, 0.4) is 0 Å². The highest BCUT2D eigenvalue weighted by Crippen LogP contribution is 2.35. The Morgan fingerprint density at radius 3 is 2.18 bits per heavy atom. The molecule has 1 aliphatic heterocycles. The van der Waals surface area contributed by atoms with Gasteiger partial charge in [0.15, 0.2) is 0 Å². The number of thiazole rings is 1. The van der Waals surface area contributed by atoms with Crippen LogP contribution in [-0.4, -0.2) is 34.9 Å². The summed E-state index contributed by atoms with van der Waals surface area (Å²) in [5.41, 5.74) is 8.86. The Kier molecular flexibility index (Phi) is 5.55. The van der Waals surface area contributed by atoms with Crippen molar-refractivity contribution < 1.29 is 4.79 Å². The molecule has 0 radical (unpaired) electrons. The van der Waals surface area contributed by atoms with E-state index in [9.17, 15) is 4.79 Å². The number of benzene rings is 2. The maximum Gasteiger partial charge on any atom is 0.266 e. The fourth-order valence-corrected chi connectivity index (χ4v) is 4.79. The van der Waals surface area contributed by atoms with Crippen molar-refractivity contribution in [2.75, 3.05) is 13.1 Å². The van der Waals surface area contributed by atoms with Crippen LogP contribution in [0.2, 0.25) is 0 Å². The Bertz CT molecular complexity index is 929. The van der Waals surface area contributed by atoms with E-state index in [1.165, 1.54) is 11.3 Å². The van der Waals surface area contributed by atoms with E-state index in [-0.39, 0.29) is 11.9 Å². The largest absolute Gasteiger partial charge is 0.338 e. The summed E-state index contributed by atoms with van der Waals surface area (Å²) >= 11 is 1.49. The van der Waals surface area contributed by atoms with E-state index < -0.39 is 0 Å². The van der Waals surface area contributed by atoms with E-state index >= 15 is 0 Å². The molecule has 1 amide bonds. The molecule has 0 aliphatic carbocycles. The first kappa shape index (κ1) is 18.8. The number of carbonyl (C=O) groups is 1. The zero-order valence-corrected chi connectivity index (χ0v) is 16.9. The number of hydrogen-bond acceptors (Lipinski definition) is 4. The van der Waals surface area contributed by atoms with E-state index in [0.717, 1.165) is 52.6 Å². The van der Waals surface area contributed by atoms with Crippen molar-refractivity contribution in [2.24, 2.45) is 11.7 Å². The molecule has 5 heteroatoms. The van der Waals surface area contributed by atoms with Crippen molar-refractivity contribution in [1.29, 1.82) is 0 Å². The smallest absolute Gasteiger partial charge is 0.266 e. The number of hydrogen-bond donors (Lipinski definition) is 1. The third-order valence-corrected chi connectivity index (χ3v) is 6.55. The number of aromatic nitrogens is 1. The van der Waals surface area contributed by atoms with Crippen LogP contribution in [0.4, 0.5) is 0 Å². The van der Waals surface area contributed by atoms with Crippen molar-refractivity contribution in [2.45, 2.75) is 25.8 Å². The number of nitrogens with two attached hydrogens (primary N) is 1. The van der Waals surface area contributed by atoms with Crippen LogP contribution in [0.5, 0.6) is 0 Å². The Labute approximate surface area is 170 Å². The Morgan fingerprint density at radius 1 is 1.04 bits per heavy atom. The van der Waals surface area contributed by atoms with Crippen molar-refractivity contribution in [3.8, 4) is 21.8 Å². The summed E-state index contributed by atoms with van der Waals surface area (Å²) < 4.78 is 0. The molecule has 1 unspecified atom stereocenters. The lowest BCUT2D eigenvalue weighted by atomic mass is 9.91. The summed E-state index contributed by atoms with van der Waals surface area (Å²) in [6.45, 7) is 3.58. The number of carbonyl (C=O) groups excluding carboxylic acids is 1. The standard InChI is InChI=1S/C23H25N3OS/c1-16(24)17-12-14-26(15-13-17)23(27)21-20(18-8-4-2-5-9-18)25-22(28-21)19-10-6-3-7-11-19/h2-11,16-17H,12-15,24H2,1H3. The zero-order chi connectivity index (χ0) is 19.5. The Balaban J connectivity index is 1.67. The summed E-state index contributed by atoms with van der Waals surface area (Å²) in [6, 6.07) is 20.2. The molecule has 1 atom stereocenters. The third-order valence-electron chi connectivity index (χ3n) is 5.46. The lowest BCUT2D eigenvalue weighted by Gasteiger charge is -2.33. The Hall–Kier alpha value is -2.50. The third kappa shape index (κ3) is 3.86. The second kappa shape index (κ2) is 8.25. The zero-order valence-electron chi connectivity index (χ0n) is 16.0. The minimum absolute atomic E-state index is 0.0849. The van der Waals surface area contributed by atoms with Crippen LogP contribution in [0.1, 0.15) is 29.4 Å². The summed E-state index contributed by atoms with van der Waals surface area (Å²) in [6.07, 6.45) is 1.93. The first-order chi connectivity index (χ1) is 13.6. The number of likely N-dealkylation sites (tertiary alicyclic amines) is 1. The number of piperidine rings is 1. The van der Waals surface area contributed by atoms with Gasteiger partial charge < -0.3 is 10.6 Å². The predicted molar refractivity (Wildman–Crippen MR) is 115 cm³/mol. The molecule has 4 nitrogen and oxygen atoms in total. The summed E-state index contributed by atoms with van der Waals surface area (Å²) in [5.74, 6) is 0.584. The molecular weight excluding hydrogens is 366 g/mol. The van der Waals surface area contributed by atoms with Crippen molar-refractivity contribution in [1.82, 2.24) is 9.88 Å². The fourth-order valence-electron chi connectivity index (χ4n) is 3.73. The maximum absolute atomic E-state index is 13.4. The van der Waals surface area contributed by atoms with Crippen LogP contribution in [0.15, 0.2) is 60.7 Å². The van der Waals surface area contributed by atoms with Gasteiger partial charge in [0.25, 0.3) is 5.91 Å². The normalized spacial score (nSPS) is 16.1. The summed E-state index contributed by atoms with van der Waals surface area (Å²) in [4.78, 5) is 20.9. The summed E-state index contributed by atoms with van der Waals surface area (Å²) in [7, 11) is 0. The lowest BCUT2D eigenvalue weighted by Crippen LogP contribution is -2.42. The highest BCUT2D eigenvalue weighted by molar-refractivity contribution is 7.17. The van der Waals surface area contributed by atoms with Crippen LogP contribution in [0.25, 0.3) is 21.8 Å². The SMILES string of the molecule is CC(N)C1CCN(C(=O)c2sc(-c3ccccc3)nc2-c2ccccc2)CC1. The van der Waals surface area contributed by atoms with Crippen LogP contribution < -0.4 is 5.73 Å². The van der Waals surface area contributed by atoms with Gasteiger partial charge in [0.1, 0.15) is 9.88 Å². The van der Waals surface area contributed by atoms with E-state index in [0.29, 0.717) is 5.92 Å². The van der Waals surface area contributed by atoms with Gasteiger partial charge in [0, 0.05) is 30.3 Å². The molecule has 1 aromatic heterocycles. The second-order valence-corrected chi connectivity index (χ2v) is 8.42. The van der Waals surface area contributed by atoms with Crippen molar-refractivity contribution in [3.63, 3.8) is 0 Å². The van der Waals surface area contributed by atoms with Gasteiger partial charge >= 0.3 is 0 Å². The highest BCUT2D eigenvalue weighted by atomic mass is 32.1. The molecule has 144 valence electrons. The van der Waals surface area contributed by atoms with Crippen LogP contribution >= 0.6 is 11.3 Å². The van der Waals surface area contributed by atoms with Crippen molar-refractivity contribution in [3.05, 3.63) is 65.5 Å². The molecule has 2 heterocycles. The molecule has 1 aliphatic rings. The highest BCUT2D eigenvalue weighted by Gasteiger charge is 2.29. The molecular formula is C23H25N3OS. The molecule has 0 bridgehead atoms. The van der Waals surface area contributed by atoms with Gasteiger partial charge in [-0.25, -0.2) is 4.98 Å². The molecule has 1 fully saturated rings. The van der Waals surface area contributed by atoms with Gasteiger partial charge in [0.05, 0.1) is 5.69 Å². The number of amides is 1. The van der Waals surface area contributed by atoms with Gasteiger partial charge in [-0.15, -0.1) is 11.3 Å². The minimum Gasteiger partial charge on any atom is -0.338 e. The molecule has 3 aromatic rings. The molecule has 2 aromatic carbocycles. The topological polar surface area (TPSA) is 59.2 Å². The van der Waals surface area contributed by atoms with Gasteiger partial charge in [0.2, 0.25) is 0 Å². The van der Waals surface area contributed by atoms with E-state index in [2.05, 4.69) is 6.92 Å². The maximum atomic E-state index is 13.4. The van der Waals surface area contributed by atoms with E-state index in [1.54, 1.807) is 0 Å². The monoisotopic (exact) mass is 391 g/mol. The average molecular weight is 392 g/mol. The van der Waals surface area contributed by atoms with Crippen LogP contribution in [-0.2, 0) is 0 Å². The predicted octanol–water partition coefficient (Wildman–Crippen LogP) is 4.68. The van der Waals surface area contributed by atoms with E-state index in [4.69, 9.17) is 10.7 Å². The first-order valence-corrected chi connectivity index (χ1v) is 10.6. The van der Waals surface area contributed by atoms with Gasteiger partial charge in [-0.1, -0.05) is 60.7 Å².